The van der Waals surface area contributed by atoms with Crippen molar-refractivity contribution in [3.05, 3.63) is 30.5 Å². The third-order valence-corrected chi connectivity index (χ3v) is 3.49. The van der Waals surface area contributed by atoms with Crippen molar-refractivity contribution in [3.63, 3.8) is 0 Å². The molecule has 0 spiro atoms. The van der Waals surface area contributed by atoms with Crippen molar-refractivity contribution in [2.75, 3.05) is 5.75 Å². The molecule has 0 aliphatic carbocycles. The molecule has 3 aromatic rings. The zero-order valence-electron chi connectivity index (χ0n) is 10.3. The van der Waals surface area contributed by atoms with Crippen molar-refractivity contribution in [1.29, 1.82) is 0 Å². The van der Waals surface area contributed by atoms with Crippen molar-refractivity contribution in [2.24, 2.45) is 5.10 Å². The molecule has 0 bridgehead atoms. The molecular weight excluding hydrogens is 264 g/mol. The SMILES string of the molecule is CCCSc1nnc2n(/N=C\c3ccco3)cnn12. The number of rotatable bonds is 5. The molecule has 3 aromatic heterocycles. The van der Waals surface area contributed by atoms with E-state index in [2.05, 4.69) is 27.3 Å². The first-order valence-corrected chi connectivity index (χ1v) is 6.86. The molecule has 0 amide bonds. The molecule has 3 heterocycles. The normalized spacial score (nSPS) is 11.8. The van der Waals surface area contributed by atoms with E-state index in [4.69, 9.17) is 4.42 Å². The van der Waals surface area contributed by atoms with Crippen LogP contribution in [0, 0.1) is 0 Å². The first-order chi connectivity index (χ1) is 9.38. The lowest BCUT2D eigenvalue weighted by molar-refractivity contribution is 0.559. The predicted octanol–water partition coefficient (Wildman–Crippen LogP) is 1.90. The van der Waals surface area contributed by atoms with E-state index in [9.17, 15) is 0 Å². The summed E-state index contributed by atoms with van der Waals surface area (Å²) >= 11 is 1.63. The molecule has 7 nitrogen and oxygen atoms in total. The van der Waals surface area contributed by atoms with Gasteiger partial charge in [-0.3, -0.25) is 0 Å². The molecule has 0 aliphatic heterocycles. The summed E-state index contributed by atoms with van der Waals surface area (Å²) in [7, 11) is 0. The van der Waals surface area contributed by atoms with Crippen molar-refractivity contribution >= 4 is 23.8 Å². The molecule has 8 heteroatoms. The minimum atomic E-state index is 0.585. The van der Waals surface area contributed by atoms with Crippen molar-refractivity contribution in [3.8, 4) is 0 Å². The number of hydrogen-bond acceptors (Lipinski definition) is 6. The minimum absolute atomic E-state index is 0.585. The summed E-state index contributed by atoms with van der Waals surface area (Å²) in [6.45, 7) is 2.12. The Morgan fingerprint density at radius 2 is 2.42 bits per heavy atom. The highest BCUT2D eigenvalue weighted by atomic mass is 32.2. The topological polar surface area (TPSA) is 73.5 Å². The lowest BCUT2D eigenvalue weighted by atomic mass is 10.5. The molecule has 0 radical (unpaired) electrons. The first kappa shape index (κ1) is 12.0. The summed E-state index contributed by atoms with van der Waals surface area (Å²) < 4.78 is 8.41. The Hall–Kier alpha value is -2.09. The fraction of sp³-hybridized carbons (Fsp3) is 0.273. The molecule has 19 heavy (non-hydrogen) atoms. The maximum atomic E-state index is 5.17. The van der Waals surface area contributed by atoms with E-state index in [1.807, 2.05) is 6.07 Å². The summed E-state index contributed by atoms with van der Waals surface area (Å²) in [5, 5.41) is 17.4. The van der Waals surface area contributed by atoms with Crippen LogP contribution in [0.2, 0.25) is 0 Å². The molecular formula is C11H12N6OS. The van der Waals surface area contributed by atoms with Crippen LogP contribution in [0.4, 0.5) is 0 Å². The van der Waals surface area contributed by atoms with Crippen molar-refractivity contribution in [1.82, 2.24) is 24.5 Å². The Morgan fingerprint density at radius 3 is 3.21 bits per heavy atom. The second-order valence-corrected chi connectivity index (χ2v) is 4.84. The zero-order chi connectivity index (χ0) is 13.1. The Kier molecular flexibility index (Phi) is 3.32. The molecule has 0 saturated carbocycles. The Bertz CT molecular complexity index is 683. The monoisotopic (exact) mass is 276 g/mol. The maximum Gasteiger partial charge on any atom is 0.275 e. The van der Waals surface area contributed by atoms with E-state index in [-0.39, 0.29) is 0 Å². The van der Waals surface area contributed by atoms with Crippen LogP contribution in [0.3, 0.4) is 0 Å². The van der Waals surface area contributed by atoms with Crippen LogP contribution < -0.4 is 0 Å². The van der Waals surface area contributed by atoms with Gasteiger partial charge in [0.15, 0.2) is 0 Å². The van der Waals surface area contributed by atoms with Gasteiger partial charge >= 0.3 is 0 Å². The molecule has 0 aliphatic rings. The second kappa shape index (κ2) is 5.27. The van der Waals surface area contributed by atoms with Gasteiger partial charge in [0.1, 0.15) is 12.1 Å². The van der Waals surface area contributed by atoms with Gasteiger partial charge in [0.05, 0.1) is 12.5 Å². The van der Waals surface area contributed by atoms with E-state index in [1.165, 1.54) is 0 Å². The van der Waals surface area contributed by atoms with Gasteiger partial charge in [-0.25, -0.2) is 0 Å². The zero-order valence-corrected chi connectivity index (χ0v) is 11.1. The summed E-state index contributed by atoms with van der Waals surface area (Å²) in [6.07, 6.45) is 5.88. The smallest absolute Gasteiger partial charge is 0.275 e. The van der Waals surface area contributed by atoms with Gasteiger partial charge in [0.2, 0.25) is 5.16 Å². The van der Waals surface area contributed by atoms with Gasteiger partial charge in [-0.1, -0.05) is 18.7 Å². The number of furan rings is 1. The first-order valence-electron chi connectivity index (χ1n) is 5.88. The third-order valence-electron chi connectivity index (χ3n) is 2.36. The van der Waals surface area contributed by atoms with Crippen LogP contribution in [0.15, 0.2) is 39.4 Å². The molecule has 3 rings (SSSR count). The van der Waals surface area contributed by atoms with Gasteiger partial charge in [-0.2, -0.15) is 19.4 Å². The standard InChI is InChI=1S/C11H12N6OS/c1-2-6-19-11-15-14-10-16(8-13-17(10)11)12-7-9-4-3-5-18-9/h3-5,7-8H,2,6H2,1H3/b12-7-. The molecule has 0 saturated heterocycles. The van der Waals surface area contributed by atoms with Crippen LogP contribution in [-0.2, 0) is 0 Å². The number of hydrogen-bond donors (Lipinski definition) is 0. The van der Waals surface area contributed by atoms with Crippen LogP contribution in [0.1, 0.15) is 19.1 Å². The summed E-state index contributed by atoms with van der Waals surface area (Å²) in [4.78, 5) is 0. The van der Waals surface area contributed by atoms with E-state index >= 15 is 0 Å². The minimum Gasteiger partial charge on any atom is -0.463 e. The molecule has 0 fully saturated rings. The number of aromatic nitrogens is 5. The van der Waals surface area contributed by atoms with Crippen molar-refractivity contribution in [2.45, 2.75) is 18.5 Å². The van der Waals surface area contributed by atoms with Gasteiger partial charge in [0.25, 0.3) is 5.78 Å². The van der Waals surface area contributed by atoms with Gasteiger partial charge in [-0.05, 0) is 18.6 Å². The Balaban J connectivity index is 1.87. The summed E-state index contributed by atoms with van der Waals surface area (Å²) in [5.41, 5.74) is 0. The highest BCUT2D eigenvalue weighted by Gasteiger charge is 2.10. The third kappa shape index (κ3) is 2.39. The number of thioether (sulfide) groups is 1. The molecule has 0 atom stereocenters. The van der Waals surface area contributed by atoms with Gasteiger partial charge < -0.3 is 4.42 Å². The highest BCUT2D eigenvalue weighted by molar-refractivity contribution is 7.99. The van der Waals surface area contributed by atoms with E-state index in [1.54, 1.807) is 45.8 Å². The van der Waals surface area contributed by atoms with Crippen LogP contribution in [-0.4, -0.2) is 36.5 Å². The molecule has 0 N–H and O–H groups in total. The van der Waals surface area contributed by atoms with Crippen molar-refractivity contribution < 1.29 is 4.42 Å². The fourth-order valence-electron chi connectivity index (χ4n) is 1.50. The molecule has 0 unspecified atom stereocenters. The van der Waals surface area contributed by atoms with E-state index in [0.29, 0.717) is 11.5 Å². The summed E-state index contributed by atoms with van der Waals surface area (Å²) in [5.74, 6) is 2.25. The van der Waals surface area contributed by atoms with Gasteiger partial charge in [-0.15, -0.1) is 10.2 Å². The average Bonchev–Trinajstić information content (AvgIpc) is 3.12. The molecule has 0 aromatic carbocycles. The largest absolute Gasteiger partial charge is 0.463 e. The van der Waals surface area contributed by atoms with Gasteiger partial charge in [0, 0.05) is 5.75 Å². The van der Waals surface area contributed by atoms with Crippen LogP contribution in [0.25, 0.3) is 5.78 Å². The lowest BCUT2D eigenvalue weighted by Gasteiger charge is -1.91. The average molecular weight is 276 g/mol. The van der Waals surface area contributed by atoms with E-state index in [0.717, 1.165) is 17.3 Å². The Morgan fingerprint density at radius 1 is 1.47 bits per heavy atom. The summed E-state index contributed by atoms with van der Waals surface area (Å²) in [6, 6.07) is 3.63. The predicted molar refractivity (Wildman–Crippen MR) is 71.5 cm³/mol. The molecule has 98 valence electrons. The van der Waals surface area contributed by atoms with E-state index < -0.39 is 0 Å². The second-order valence-electron chi connectivity index (χ2n) is 3.78. The highest BCUT2D eigenvalue weighted by Crippen LogP contribution is 2.16. The quantitative estimate of drug-likeness (QED) is 0.525. The Labute approximate surface area is 113 Å². The lowest BCUT2D eigenvalue weighted by Crippen LogP contribution is -1.90. The number of fused-ring (bicyclic) bond motifs is 1. The van der Waals surface area contributed by atoms with Crippen LogP contribution >= 0.6 is 11.8 Å². The van der Waals surface area contributed by atoms with Crippen LogP contribution in [0.5, 0.6) is 0 Å². The fourth-order valence-corrected chi connectivity index (χ4v) is 2.24. The maximum absolute atomic E-state index is 5.17. The number of nitrogens with zero attached hydrogens (tertiary/aromatic N) is 6.